The third-order valence-electron chi connectivity index (χ3n) is 2.59. The highest BCUT2D eigenvalue weighted by Gasteiger charge is 2.13. The minimum atomic E-state index is -0.0835. The standard InChI is InChI=1S/C11H9N3OS2/c1-5-8-9(6(2)17-5)13-10(14-11(8)15)7-3-16-4-12-7/h3-4H,1-2H3,(H,13,14,15). The van der Waals surface area contributed by atoms with E-state index >= 15 is 0 Å². The number of aromatic amines is 1. The molecule has 0 unspecified atom stereocenters. The van der Waals surface area contributed by atoms with Crippen molar-refractivity contribution in [2.75, 3.05) is 0 Å². The van der Waals surface area contributed by atoms with Crippen LogP contribution in [0.5, 0.6) is 0 Å². The normalized spacial score (nSPS) is 11.2. The zero-order valence-corrected chi connectivity index (χ0v) is 10.9. The molecule has 0 saturated heterocycles. The van der Waals surface area contributed by atoms with Gasteiger partial charge in [0, 0.05) is 15.1 Å². The Bertz CT molecular complexity index is 740. The second-order valence-electron chi connectivity index (χ2n) is 3.73. The number of nitrogens with one attached hydrogen (secondary N) is 1. The molecular formula is C11H9N3OS2. The van der Waals surface area contributed by atoms with Crippen LogP contribution in [0, 0.1) is 13.8 Å². The highest BCUT2D eigenvalue weighted by Crippen LogP contribution is 2.27. The first-order chi connectivity index (χ1) is 8.16. The van der Waals surface area contributed by atoms with E-state index in [1.54, 1.807) is 16.8 Å². The molecule has 86 valence electrons. The number of H-pyrrole nitrogens is 1. The van der Waals surface area contributed by atoms with Crippen molar-refractivity contribution in [3.8, 4) is 11.5 Å². The van der Waals surface area contributed by atoms with Crippen molar-refractivity contribution < 1.29 is 0 Å². The van der Waals surface area contributed by atoms with E-state index in [0.717, 1.165) is 21.0 Å². The maximum absolute atomic E-state index is 12.0. The summed E-state index contributed by atoms with van der Waals surface area (Å²) in [6.45, 7) is 3.93. The summed E-state index contributed by atoms with van der Waals surface area (Å²) in [7, 11) is 0. The van der Waals surface area contributed by atoms with E-state index in [1.165, 1.54) is 11.3 Å². The summed E-state index contributed by atoms with van der Waals surface area (Å²) < 4.78 is 0. The molecule has 3 rings (SSSR count). The van der Waals surface area contributed by atoms with Gasteiger partial charge in [-0.3, -0.25) is 4.79 Å². The average molecular weight is 263 g/mol. The van der Waals surface area contributed by atoms with Gasteiger partial charge < -0.3 is 4.98 Å². The molecule has 0 aliphatic rings. The molecule has 0 saturated carbocycles. The second kappa shape index (κ2) is 3.75. The van der Waals surface area contributed by atoms with E-state index in [9.17, 15) is 4.79 Å². The van der Waals surface area contributed by atoms with Crippen molar-refractivity contribution in [1.29, 1.82) is 0 Å². The molecule has 0 amide bonds. The lowest BCUT2D eigenvalue weighted by Gasteiger charge is -1.97. The molecule has 0 fully saturated rings. The fourth-order valence-corrected chi connectivity index (χ4v) is 3.37. The molecule has 0 radical (unpaired) electrons. The number of thiazole rings is 1. The number of hydrogen-bond donors (Lipinski definition) is 1. The highest BCUT2D eigenvalue weighted by molar-refractivity contribution is 7.13. The number of nitrogens with zero attached hydrogens (tertiary/aromatic N) is 2. The van der Waals surface area contributed by atoms with Crippen molar-refractivity contribution >= 4 is 33.6 Å². The fraction of sp³-hybridized carbons (Fsp3) is 0.182. The Morgan fingerprint density at radius 1 is 1.29 bits per heavy atom. The molecular weight excluding hydrogens is 254 g/mol. The third kappa shape index (κ3) is 1.60. The minimum Gasteiger partial charge on any atom is -0.305 e. The quantitative estimate of drug-likeness (QED) is 0.734. The van der Waals surface area contributed by atoms with Crippen molar-refractivity contribution in [3.63, 3.8) is 0 Å². The lowest BCUT2D eigenvalue weighted by atomic mass is 10.2. The Balaban J connectivity index is 2.39. The van der Waals surface area contributed by atoms with Gasteiger partial charge in [0.15, 0.2) is 5.82 Å². The first-order valence-corrected chi connectivity index (χ1v) is 6.81. The van der Waals surface area contributed by atoms with Crippen molar-refractivity contribution in [3.05, 3.63) is 31.0 Å². The Labute approximate surface area is 105 Å². The van der Waals surface area contributed by atoms with Gasteiger partial charge in [-0.05, 0) is 13.8 Å². The van der Waals surface area contributed by atoms with E-state index in [2.05, 4.69) is 15.0 Å². The first-order valence-electron chi connectivity index (χ1n) is 5.05. The molecule has 0 spiro atoms. The summed E-state index contributed by atoms with van der Waals surface area (Å²) in [6, 6.07) is 0. The van der Waals surface area contributed by atoms with E-state index in [-0.39, 0.29) is 5.56 Å². The van der Waals surface area contributed by atoms with E-state index in [1.807, 2.05) is 19.2 Å². The van der Waals surface area contributed by atoms with Crippen molar-refractivity contribution in [1.82, 2.24) is 15.0 Å². The minimum absolute atomic E-state index is 0.0835. The molecule has 3 heterocycles. The molecule has 0 aliphatic heterocycles. The van der Waals surface area contributed by atoms with Crippen LogP contribution in [0.15, 0.2) is 15.7 Å². The Hall–Kier alpha value is -1.53. The maximum atomic E-state index is 12.0. The number of hydrogen-bond acceptors (Lipinski definition) is 5. The third-order valence-corrected chi connectivity index (χ3v) is 4.18. The summed E-state index contributed by atoms with van der Waals surface area (Å²) in [4.78, 5) is 25.5. The van der Waals surface area contributed by atoms with Gasteiger partial charge in [0.05, 0.1) is 16.4 Å². The fourth-order valence-electron chi connectivity index (χ4n) is 1.83. The summed E-state index contributed by atoms with van der Waals surface area (Å²) in [6.07, 6.45) is 0. The molecule has 4 nitrogen and oxygen atoms in total. The van der Waals surface area contributed by atoms with Gasteiger partial charge in [-0.2, -0.15) is 0 Å². The highest BCUT2D eigenvalue weighted by atomic mass is 32.1. The lowest BCUT2D eigenvalue weighted by Crippen LogP contribution is -2.09. The van der Waals surface area contributed by atoms with Crippen molar-refractivity contribution in [2.24, 2.45) is 0 Å². The molecule has 0 atom stereocenters. The van der Waals surface area contributed by atoms with Crippen molar-refractivity contribution in [2.45, 2.75) is 13.8 Å². The van der Waals surface area contributed by atoms with E-state index in [4.69, 9.17) is 0 Å². The molecule has 0 aromatic carbocycles. The smallest absolute Gasteiger partial charge is 0.260 e. The van der Waals surface area contributed by atoms with Crippen LogP contribution in [-0.2, 0) is 0 Å². The average Bonchev–Trinajstić information content (AvgIpc) is 2.88. The van der Waals surface area contributed by atoms with Crippen LogP contribution < -0.4 is 5.56 Å². The Morgan fingerprint density at radius 2 is 2.12 bits per heavy atom. The summed E-state index contributed by atoms with van der Waals surface area (Å²) in [5.41, 5.74) is 3.15. The Morgan fingerprint density at radius 3 is 2.82 bits per heavy atom. The van der Waals surface area contributed by atoms with Gasteiger partial charge in [-0.25, -0.2) is 9.97 Å². The predicted molar refractivity (Wildman–Crippen MR) is 70.8 cm³/mol. The summed E-state index contributed by atoms with van der Waals surface area (Å²) in [5.74, 6) is 0.546. The lowest BCUT2D eigenvalue weighted by molar-refractivity contribution is 1.15. The van der Waals surface area contributed by atoms with Crippen LogP contribution in [0.3, 0.4) is 0 Å². The van der Waals surface area contributed by atoms with Gasteiger partial charge >= 0.3 is 0 Å². The SMILES string of the molecule is Cc1sc(C)c2c(=O)[nH]c(-c3cscn3)nc12. The van der Waals surface area contributed by atoms with Gasteiger partial charge in [-0.15, -0.1) is 22.7 Å². The number of aromatic nitrogens is 3. The van der Waals surface area contributed by atoms with Crippen LogP contribution in [-0.4, -0.2) is 15.0 Å². The van der Waals surface area contributed by atoms with E-state index < -0.39 is 0 Å². The monoisotopic (exact) mass is 263 g/mol. The van der Waals surface area contributed by atoms with Gasteiger partial charge in [0.1, 0.15) is 5.69 Å². The molecule has 6 heteroatoms. The molecule has 17 heavy (non-hydrogen) atoms. The first kappa shape index (κ1) is 10.6. The van der Waals surface area contributed by atoms with Crippen LogP contribution >= 0.6 is 22.7 Å². The summed E-state index contributed by atoms with van der Waals surface area (Å²) in [5, 5.41) is 2.57. The summed E-state index contributed by atoms with van der Waals surface area (Å²) >= 11 is 3.09. The zero-order valence-electron chi connectivity index (χ0n) is 9.27. The van der Waals surface area contributed by atoms with Crippen LogP contribution in [0.25, 0.3) is 22.4 Å². The molecule has 3 aromatic heterocycles. The van der Waals surface area contributed by atoms with Crippen LogP contribution in [0.4, 0.5) is 0 Å². The number of rotatable bonds is 1. The Kier molecular flexibility index (Phi) is 2.34. The van der Waals surface area contributed by atoms with Gasteiger partial charge in [0.2, 0.25) is 0 Å². The molecule has 1 N–H and O–H groups in total. The molecule has 0 bridgehead atoms. The van der Waals surface area contributed by atoms with Gasteiger partial charge in [-0.1, -0.05) is 0 Å². The second-order valence-corrected chi connectivity index (χ2v) is 5.87. The number of aryl methyl sites for hydroxylation is 2. The topological polar surface area (TPSA) is 58.6 Å². The van der Waals surface area contributed by atoms with Crippen LogP contribution in [0.1, 0.15) is 9.75 Å². The largest absolute Gasteiger partial charge is 0.305 e. The van der Waals surface area contributed by atoms with Gasteiger partial charge in [0.25, 0.3) is 5.56 Å². The number of fused-ring (bicyclic) bond motifs is 1. The molecule has 0 aliphatic carbocycles. The molecule has 3 aromatic rings. The number of thiophene rings is 1. The van der Waals surface area contributed by atoms with Crippen LogP contribution in [0.2, 0.25) is 0 Å². The zero-order chi connectivity index (χ0) is 12.0. The predicted octanol–water partition coefficient (Wildman–Crippen LogP) is 2.72. The van der Waals surface area contributed by atoms with E-state index in [0.29, 0.717) is 11.2 Å². The maximum Gasteiger partial charge on any atom is 0.260 e.